The largest absolute Gasteiger partial charge is 0.494 e. The summed E-state index contributed by atoms with van der Waals surface area (Å²) in [6.45, 7) is 4.85. The SMILES string of the molecule is CCOc1ccc(-c2csc(NC(=O)c3sc4nc5c(cc4c3N)CC(C)CC5)n2)cc1. The number of fused-ring (bicyclic) bond motifs is 2. The number of anilines is 2. The predicted octanol–water partition coefficient (Wildman–Crippen LogP) is 5.78. The molecule has 164 valence electrons. The molecule has 1 unspecified atom stereocenters. The van der Waals surface area contributed by atoms with E-state index >= 15 is 0 Å². The van der Waals surface area contributed by atoms with Crippen LogP contribution in [0.2, 0.25) is 0 Å². The van der Waals surface area contributed by atoms with Gasteiger partial charge in [0.05, 0.1) is 18.0 Å². The van der Waals surface area contributed by atoms with E-state index in [1.54, 1.807) is 0 Å². The zero-order valence-corrected chi connectivity index (χ0v) is 19.6. The van der Waals surface area contributed by atoms with Crippen LogP contribution in [0.4, 0.5) is 10.8 Å². The van der Waals surface area contributed by atoms with Crippen LogP contribution in [0.5, 0.6) is 5.75 Å². The number of benzene rings is 1. The number of amides is 1. The van der Waals surface area contributed by atoms with Crippen LogP contribution in [-0.2, 0) is 12.8 Å². The van der Waals surface area contributed by atoms with Crippen molar-refractivity contribution in [1.29, 1.82) is 0 Å². The molecule has 3 heterocycles. The molecule has 0 spiro atoms. The molecule has 0 fully saturated rings. The number of rotatable bonds is 5. The average molecular weight is 465 g/mol. The maximum atomic E-state index is 13.0. The van der Waals surface area contributed by atoms with E-state index in [-0.39, 0.29) is 5.91 Å². The van der Waals surface area contributed by atoms with Crippen molar-refractivity contribution >= 4 is 49.6 Å². The molecule has 1 atom stereocenters. The fraction of sp³-hybridized carbons (Fsp3) is 0.292. The second-order valence-electron chi connectivity index (χ2n) is 8.09. The van der Waals surface area contributed by atoms with Crippen LogP contribution >= 0.6 is 22.7 Å². The minimum atomic E-state index is -0.246. The van der Waals surface area contributed by atoms with Crippen molar-refractivity contribution in [3.8, 4) is 17.0 Å². The lowest BCUT2D eigenvalue weighted by Crippen LogP contribution is -2.12. The number of aromatic nitrogens is 2. The van der Waals surface area contributed by atoms with Crippen molar-refractivity contribution in [2.24, 2.45) is 5.92 Å². The molecule has 0 saturated carbocycles. The maximum Gasteiger partial charge on any atom is 0.269 e. The summed E-state index contributed by atoms with van der Waals surface area (Å²) < 4.78 is 5.49. The topological polar surface area (TPSA) is 90.1 Å². The monoisotopic (exact) mass is 464 g/mol. The third-order valence-corrected chi connectivity index (χ3v) is 7.60. The number of nitrogens with two attached hydrogens (primary N) is 1. The maximum absolute atomic E-state index is 13.0. The fourth-order valence-corrected chi connectivity index (χ4v) is 5.75. The predicted molar refractivity (Wildman–Crippen MR) is 132 cm³/mol. The van der Waals surface area contributed by atoms with Gasteiger partial charge in [0.2, 0.25) is 0 Å². The van der Waals surface area contributed by atoms with E-state index < -0.39 is 0 Å². The molecule has 0 aliphatic heterocycles. The van der Waals surface area contributed by atoms with Crippen molar-refractivity contribution in [3.05, 3.63) is 51.8 Å². The Balaban J connectivity index is 1.36. The van der Waals surface area contributed by atoms with E-state index in [9.17, 15) is 4.79 Å². The van der Waals surface area contributed by atoms with Crippen LogP contribution in [0.25, 0.3) is 21.5 Å². The van der Waals surface area contributed by atoms with Gasteiger partial charge in [-0.05, 0) is 68.0 Å². The Morgan fingerprint density at radius 2 is 2.09 bits per heavy atom. The summed E-state index contributed by atoms with van der Waals surface area (Å²) in [5, 5.41) is 6.25. The molecule has 8 heteroatoms. The first kappa shape index (κ1) is 20.9. The van der Waals surface area contributed by atoms with Gasteiger partial charge >= 0.3 is 0 Å². The fourth-order valence-electron chi connectivity index (χ4n) is 4.05. The van der Waals surface area contributed by atoms with Crippen LogP contribution in [0.1, 0.15) is 41.2 Å². The highest BCUT2D eigenvalue weighted by Crippen LogP contribution is 2.37. The quantitative estimate of drug-likeness (QED) is 0.391. The number of aryl methyl sites for hydroxylation is 1. The first-order valence-corrected chi connectivity index (χ1v) is 12.4. The third-order valence-electron chi connectivity index (χ3n) is 5.72. The molecule has 3 N–H and O–H groups in total. The van der Waals surface area contributed by atoms with Crippen molar-refractivity contribution < 1.29 is 9.53 Å². The Kier molecular flexibility index (Phi) is 5.57. The van der Waals surface area contributed by atoms with Crippen LogP contribution < -0.4 is 15.8 Å². The Morgan fingerprint density at radius 3 is 2.88 bits per heavy atom. The second-order valence-corrected chi connectivity index (χ2v) is 9.95. The van der Waals surface area contributed by atoms with E-state index in [0.717, 1.165) is 52.2 Å². The molecule has 0 bridgehead atoms. The van der Waals surface area contributed by atoms with Crippen LogP contribution in [0.15, 0.2) is 35.7 Å². The summed E-state index contributed by atoms with van der Waals surface area (Å²) in [5.74, 6) is 1.23. The molecular weight excluding hydrogens is 440 g/mol. The van der Waals surface area contributed by atoms with Crippen LogP contribution in [-0.4, -0.2) is 22.5 Å². The number of carbonyl (C=O) groups is 1. The molecule has 3 aromatic heterocycles. The number of nitrogens with one attached hydrogen (secondary N) is 1. The minimum absolute atomic E-state index is 0.246. The van der Waals surface area contributed by atoms with Crippen molar-refractivity contribution in [1.82, 2.24) is 9.97 Å². The van der Waals surface area contributed by atoms with E-state index in [1.807, 2.05) is 36.6 Å². The highest BCUT2D eigenvalue weighted by Gasteiger charge is 2.23. The van der Waals surface area contributed by atoms with Gasteiger partial charge in [-0.25, -0.2) is 9.97 Å². The first-order chi connectivity index (χ1) is 15.5. The number of ether oxygens (including phenoxy) is 1. The lowest BCUT2D eigenvalue weighted by molar-refractivity contribution is 0.103. The van der Waals surface area contributed by atoms with Gasteiger partial charge in [0, 0.05) is 22.0 Å². The zero-order valence-electron chi connectivity index (χ0n) is 18.0. The molecule has 0 saturated heterocycles. The van der Waals surface area contributed by atoms with E-state index in [2.05, 4.69) is 23.3 Å². The number of hydrogen-bond donors (Lipinski definition) is 2. The summed E-state index contributed by atoms with van der Waals surface area (Å²) in [4.78, 5) is 23.7. The minimum Gasteiger partial charge on any atom is -0.494 e. The molecule has 5 rings (SSSR count). The number of pyridine rings is 1. The summed E-state index contributed by atoms with van der Waals surface area (Å²) in [6, 6.07) is 9.89. The molecule has 6 nitrogen and oxygen atoms in total. The van der Waals surface area contributed by atoms with Gasteiger partial charge < -0.3 is 10.5 Å². The number of hydrogen-bond acceptors (Lipinski definition) is 7. The number of carbonyl (C=O) groups excluding carboxylic acids is 1. The Labute approximate surface area is 194 Å². The second kappa shape index (κ2) is 8.52. The Hall–Kier alpha value is -2.97. The summed E-state index contributed by atoms with van der Waals surface area (Å²) >= 11 is 2.74. The number of thiophene rings is 1. The van der Waals surface area contributed by atoms with Gasteiger partial charge in [-0.1, -0.05) is 6.92 Å². The smallest absolute Gasteiger partial charge is 0.269 e. The van der Waals surface area contributed by atoms with Crippen LogP contribution in [0, 0.1) is 5.92 Å². The summed E-state index contributed by atoms with van der Waals surface area (Å²) in [6.07, 6.45) is 3.15. The van der Waals surface area contributed by atoms with Gasteiger partial charge in [-0.2, -0.15) is 0 Å². The normalized spacial score (nSPS) is 15.5. The van der Waals surface area contributed by atoms with E-state index in [0.29, 0.717) is 28.2 Å². The van der Waals surface area contributed by atoms with E-state index in [4.69, 9.17) is 15.5 Å². The molecule has 1 aliphatic rings. The summed E-state index contributed by atoms with van der Waals surface area (Å²) in [5.41, 5.74) is 11.1. The molecule has 1 aromatic carbocycles. The van der Waals surface area contributed by atoms with Gasteiger partial charge in [-0.15, -0.1) is 22.7 Å². The van der Waals surface area contributed by atoms with E-state index in [1.165, 1.54) is 28.2 Å². The van der Waals surface area contributed by atoms with Gasteiger partial charge in [-0.3, -0.25) is 10.1 Å². The van der Waals surface area contributed by atoms with Crippen molar-refractivity contribution in [2.75, 3.05) is 17.7 Å². The molecular formula is C24H24N4O2S2. The summed E-state index contributed by atoms with van der Waals surface area (Å²) in [7, 11) is 0. The number of thiazole rings is 1. The third kappa shape index (κ3) is 3.96. The van der Waals surface area contributed by atoms with Crippen molar-refractivity contribution in [3.63, 3.8) is 0 Å². The standard InChI is InChI=1S/C24H24N4O2S2/c1-3-30-16-7-5-14(6-8-16)19-12-31-24(27-19)28-22(29)21-20(25)17-11-15-10-13(2)4-9-18(15)26-23(17)32-21/h5-8,11-13H,3-4,9-10,25H2,1-2H3,(H,27,28,29). The van der Waals surface area contributed by atoms with Gasteiger partial charge in [0.25, 0.3) is 5.91 Å². The van der Waals surface area contributed by atoms with Crippen LogP contribution in [0.3, 0.4) is 0 Å². The molecule has 1 amide bonds. The van der Waals surface area contributed by atoms with Crippen molar-refractivity contribution in [2.45, 2.75) is 33.1 Å². The average Bonchev–Trinajstić information content (AvgIpc) is 3.38. The molecule has 4 aromatic rings. The highest BCUT2D eigenvalue weighted by molar-refractivity contribution is 7.21. The number of nitrogens with zero attached hydrogens (tertiary/aromatic N) is 2. The Bertz CT molecular complexity index is 1290. The molecule has 32 heavy (non-hydrogen) atoms. The lowest BCUT2D eigenvalue weighted by Gasteiger charge is -2.20. The highest BCUT2D eigenvalue weighted by atomic mass is 32.1. The Morgan fingerprint density at radius 1 is 1.28 bits per heavy atom. The van der Waals surface area contributed by atoms with Gasteiger partial charge in [0.15, 0.2) is 5.13 Å². The van der Waals surface area contributed by atoms with Gasteiger partial charge in [0.1, 0.15) is 15.5 Å². The first-order valence-electron chi connectivity index (χ1n) is 10.7. The zero-order chi connectivity index (χ0) is 22.2. The molecule has 0 radical (unpaired) electrons. The number of nitrogen functional groups attached to an aromatic ring is 1. The lowest BCUT2D eigenvalue weighted by atomic mass is 9.87. The molecule has 1 aliphatic carbocycles.